The number of carbonyl (C=O) groups excluding carboxylic acids is 1. The Hall–Kier alpha value is -2.65. The van der Waals surface area contributed by atoms with E-state index in [9.17, 15) is 22.4 Å². The number of nitrogens with zero attached hydrogens (tertiary/aromatic N) is 2. The molecule has 0 saturated carbocycles. The maximum absolute atomic E-state index is 14.1. The van der Waals surface area contributed by atoms with Crippen LogP contribution in [0.5, 0.6) is 0 Å². The number of aromatic nitrogens is 2. The Labute approximate surface area is 140 Å². The van der Waals surface area contributed by atoms with Gasteiger partial charge in [-0.1, -0.05) is 6.07 Å². The highest BCUT2D eigenvalue weighted by atomic mass is 19.4. The van der Waals surface area contributed by atoms with Gasteiger partial charge < -0.3 is 14.9 Å². The molecule has 1 unspecified atom stereocenters. The molecule has 0 aliphatic carbocycles. The zero-order chi connectivity index (χ0) is 18.6. The van der Waals surface area contributed by atoms with Gasteiger partial charge in [-0.25, -0.2) is 9.18 Å². The van der Waals surface area contributed by atoms with Crippen LogP contribution in [0.25, 0.3) is 0 Å². The second kappa shape index (κ2) is 7.49. The largest absolute Gasteiger partial charge is 0.441 e. The van der Waals surface area contributed by atoms with Crippen LogP contribution in [0.15, 0.2) is 22.6 Å². The van der Waals surface area contributed by atoms with E-state index in [4.69, 9.17) is 14.9 Å². The minimum atomic E-state index is -4.33. The summed E-state index contributed by atoms with van der Waals surface area (Å²) in [5.41, 5.74) is 5.12. The van der Waals surface area contributed by atoms with Gasteiger partial charge in [-0.15, -0.1) is 10.2 Å². The van der Waals surface area contributed by atoms with Gasteiger partial charge in [0.25, 0.3) is 0 Å². The van der Waals surface area contributed by atoms with E-state index in [1.165, 1.54) is 12.1 Å². The molecule has 2 N–H and O–H groups in total. The van der Waals surface area contributed by atoms with Crippen LogP contribution in [-0.2, 0) is 17.6 Å². The van der Waals surface area contributed by atoms with Crippen molar-refractivity contribution in [3.63, 3.8) is 0 Å². The summed E-state index contributed by atoms with van der Waals surface area (Å²) in [6.07, 6.45) is -8.26. The summed E-state index contributed by atoms with van der Waals surface area (Å²) in [5, 5.41) is 7.32. The van der Waals surface area contributed by atoms with Crippen molar-refractivity contribution in [1.29, 1.82) is 0 Å². The Kier molecular flexibility index (Phi) is 5.60. The summed E-state index contributed by atoms with van der Waals surface area (Å²) in [6, 6.07) is 3.46. The minimum absolute atomic E-state index is 0.0730. The molecule has 0 aliphatic rings. The molecular formula is C15H15F4N3O3. The van der Waals surface area contributed by atoms with E-state index in [0.717, 1.165) is 6.07 Å². The van der Waals surface area contributed by atoms with Crippen LogP contribution in [-0.4, -0.2) is 22.5 Å². The molecule has 2 rings (SSSR count). The second-order valence-electron chi connectivity index (χ2n) is 5.32. The highest BCUT2D eigenvalue weighted by Crippen LogP contribution is 2.28. The fourth-order valence-electron chi connectivity index (χ4n) is 2.22. The molecule has 0 spiro atoms. The monoisotopic (exact) mass is 361 g/mol. The number of alkyl halides is 3. The summed E-state index contributed by atoms with van der Waals surface area (Å²) >= 11 is 0. The van der Waals surface area contributed by atoms with Crippen molar-refractivity contribution in [2.24, 2.45) is 5.73 Å². The molecule has 0 radical (unpaired) electrons. The summed E-state index contributed by atoms with van der Waals surface area (Å²) in [4.78, 5) is 11.1. The van der Waals surface area contributed by atoms with Gasteiger partial charge in [0.2, 0.25) is 11.8 Å². The molecular weight excluding hydrogens is 346 g/mol. The van der Waals surface area contributed by atoms with Crippen molar-refractivity contribution < 1.29 is 31.5 Å². The quantitative estimate of drug-likeness (QED) is 0.797. The molecule has 1 amide bonds. The van der Waals surface area contributed by atoms with Crippen molar-refractivity contribution in [3.8, 4) is 0 Å². The Morgan fingerprint density at radius 1 is 1.36 bits per heavy atom. The zero-order valence-corrected chi connectivity index (χ0v) is 13.1. The maximum Gasteiger partial charge on any atom is 0.405 e. The van der Waals surface area contributed by atoms with Crippen LogP contribution in [0.4, 0.5) is 22.4 Å². The average molecular weight is 361 g/mol. The number of rotatable bonds is 6. The van der Waals surface area contributed by atoms with Crippen LogP contribution in [0, 0.1) is 12.7 Å². The number of hydrogen-bond acceptors (Lipinski definition) is 5. The molecule has 25 heavy (non-hydrogen) atoms. The fraction of sp³-hybridized carbons (Fsp3) is 0.400. The topological polar surface area (TPSA) is 91.2 Å². The molecule has 10 heteroatoms. The number of carbonyl (C=O) groups is 1. The molecule has 0 fully saturated rings. The predicted molar refractivity (Wildman–Crippen MR) is 76.9 cm³/mol. The van der Waals surface area contributed by atoms with Gasteiger partial charge in [0.1, 0.15) is 11.9 Å². The Bertz CT molecular complexity index is 746. The van der Waals surface area contributed by atoms with Gasteiger partial charge >= 0.3 is 12.3 Å². The molecule has 136 valence electrons. The lowest BCUT2D eigenvalue weighted by atomic mass is 10.0. The number of ether oxygens (including phenoxy) is 1. The molecule has 0 saturated heterocycles. The fourth-order valence-corrected chi connectivity index (χ4v) is 2.22. The van der Waals surface area contributed by atoms with Gasteiger partial charge in [-0.05, 0) is 24.1 Å². The van der Waals surface area contributed by atoms with Gasteiger partial charge in [0.05, 0.1) is 6.42 Å². The first-order valence-electron chi connectivity index (χ1n) is 7.24. The van der Waals surface area contributed by atoms with E-state index in [0.29, 0.717) is 0 Å². The maximum atomic E-state index is 14.1. The molecule has 0 aliphatic heterocycles. The van der Waals surface area contributed by atoms with Gasteiger partial charge in [0.15, 0.2) is 0 Å². The van der Waals surface area contributed by atoms with Gasteiger partial charge in [-0.2, -0.15) is 13.2 Å². The number of primary amides is 1. The molecule has 6 nitrogen and oxygen atoms in total. The summed E-state index contributed by atoms with van der Waals surface area (Å²) in [6.45, 7) is 1.54. The van der Waals surface area contributed by atoms with Crippen molar-refractivity contribution in [2.75, 3.05) is 0 Å². The van der Waals surface area contributed by atoms with E-state index in [2.05, 4.69) is 10.2 Å². The second-order valence-corrected chi connectivity index (χ2v) is 5.32. The van der Waals surface area contributed by atoms with Crippen LogP contribution in [0.2, 0.25) is 0 Å². The highest BCUT2D eigenvalue weighted by molar-refractivity contribution is 5.65. The third kappa shape index (κ3) is 5.73. The van der Waals surface area contributed by atoms with E-state index in [1.54, 1.807) is 6.92 Å². The average Bonchev–Trinajstić information content (AvgIpc) is 2.89. The van der Waals surface area contributed by atoms with Crippen LogP contribution < -0.4 is 5.73 Å². The van der Waals surface area contributed by atoms with Gasteiger partial charge in [-0.3, -0.25) is 0 Å². The van der Waals surface area contributed by atoms with Crippen molar-refractivity contribution in [3.05, 3.63) is 46.9 Å². The number of halogens is 4. The number of amides is 1. The predicted octanol–water partition coefficient (Wildman–Crippen LogP) is 3.39. The lowest BCUT2D eigenvalue weighted by Crippen LogP contribution is -2.20. The lowest BCUT2D eigenvalue weighted by molar-refractivity contribution is -0.134. The smallest absolute Gasteiger partial charge is 0.405 e. The van der Waals surface area contributed by atoms with Crippen molar-refractivity contribution >= 4 is 6.09 Å². The first-order valence-corrected chi connectivity index (χ1v) is 7.24. The van der Waals surface area contributed by atoms with E-state index >= 15 is 0 Å². The van der Waals surface area contributed by atoms with Crippen LogP contribution in [0.3, 0.4) is 0 Å². The summed E-state index contributed by atoms with van der Waals surface area (Å²) in [5.74, 6) is -0.422. The molecule has 0 bridgehead atoms. The minimum Gasteiger partial charge on any atom is -0.441 e. The van der Waals surface area contributed by atoms with E-state index < -0.39 is 30.6 Å². The SMILES string of the molecule is Cc1nnc(CC(OC(N)=O)c2cc(CCC(F)(F)F)ccc2F)o1. The first-order chi connectivity index (χ1) is 11.6. The number of aryl methyl sites for hydroxylation is 2. The number of hydrogen-bond donors (Lipinski definition) is 1. The first kappa shape index (κ1) is 18.7. The Morgan fingerprint density at radius 3 is 2.64 bits per heavy atom. The summed E-state index contributed by atoms with van der Waals surface area (Å²) in [7, 11) is 0. The molecule has 1 atom stereocenters. The summed E-state index contributed by atoms with van der Waals surface area (Å²) < 4.78 is 61.2. The molecule has 1 aromatic carbocycles. The molecule has 2 aromatic rings. The normalized spacial score (nSPS) is 12.8. The third-order valence-electron chi connectivity index (χ3n) is 3.29. The zero-order valence-electron chi connectivity index (χ0n) is 13.1. The Balaban J connectivity index is 2.26. The number of benzene rings is 1. The van der Waals surface area contributed by atoms with Crippen molar-refractivity contribution in [2.45, 2.75) is 38.5 Å². The van der Waals surface area contributed by atoms with Crippen LogP contribution in [0.1, 0.15) is 35.4 Å². The highest BCUT2D eigenvalue weighted by Gasteiger charge is 2.27. The van der Waals surface area contributed by atoms with E-state index in [-0.39, 0.29) is 35.7 Å². The van der Waals surface area contributed by atoms with Gasteiger partial charge in [0, 0.05) is 18.9 Å². The van der Waals surface area contributed by atoms with E-state index in [1.807, 2.05) is 0 Å². The molecule has 1 heterocycles. The number of nitrogens with two attached hydrogens (primary N) is 1. The standard InChI is InChI=1S/C15H15F4N3O3/c1-8-21-22-13(24-8)7-12(25-14(20)23)10-6-9(2-3-11(10)16)4-5-15(17,18)19/h2-3,6,12H,4-5,7H2,1H3,(H2,20,23). The van der Waals surface area contributed by atoms with Crippen molar-refractivity contribution in [1.82, 2.24) is 10.2 Å². The Morgan fingerprint density at radius 2 is 2.08 bits per heavy atom. The molecule has 1 aromatic heterocycles. The van der Waals surface area contributed by atoms with Crippen LogP contribution >= 0.6 is 0 Å². The lowest BCUT2D eigenvalue weighted by Gasteiger charge is -2.17. The third-order valence-corrected chi connectivity index (χ3v) is 3.29.